The van der Waals surface area contributed by atoms with E-state index in [9.17, 15) is 18.0 Å². The van der Waals surface area contributed by atoms with Crippen molar-refractivity contribution in [2.24, 2.45) is 10.3 Å². The van der Waals surface area contributed by atoms with Gasteiger partial charge in [0, 0.05) is 16.7 Å². The van der Waals surface area contributed by atoms with Crippen LogP contribution >= 0.6 is 0 Å². The van der Waals surface area contributed by atoms with Crippen molar-refractivity contribution >= 4 is 23.5 Å². The number of methoxy groups -OCH3 is 1. The number of benzene rings is 1. The maximum Gasteiger partial charge on any atom is 0.412 e. The van der Waals surface area contributed by atoms with E-state index < -0.39 is 17.7 Å². The molecule has 0 atom stereocenters. The van der Waals surface area contributed by atoms with E-state index in [1.165, 1.54) is 14.2 Å². The summed E-state index contributed by atoms with van der Waals surface area (Å²) < 4.78 is 43.7. The molecule has 0 saturated carbocycles. The zero-order valence-electron chi connectivity index (χ0n) is 17.5. The van der Waals surface area contributed by atoms with Gasteiger partial charge in [0.1, 0.15) is 13.7 Å². The molecule has 0 unspecified atom stereocenters. The minimum atomic E-state index is -4.37. The molecular formula is C22H23F3N2O4. The standard InChI is InChI=1S/C22H23F3N2O4/c1-5-15-8-7-11-18(20(27-30-4)21(28)29-3)19(15)13-31-26-14(2)16-9-6-10-17(12-16)22(23,24)25/h5,7-9,11-12H,1,6,10,13H2,2-4H3/b26-14+,27-20+. The first kappa shape index (κ1) is 23.9. The molecule has 0 amide bonds. The van der Waals surface area contributed by atoms with E-state index in [1.54, 1.807) is 37.3 Å². The number of alkyl halides is 3. The number of rotatable bonds is 8. The minimum Gasteiger partial charge on any atom is -0.464 e. The van der Waals surface area contributed by atoms with Gasteiger partial charge >= 0.3 is 12.1 Å². The van der Waals surface area contributed by atoms with Crippen LogP contribution in [-0.2, 0) is 25.8 Å². The van der Waals surface area contributed by atoms with Crippen LogP contribution in [-0.4, -0.2) is 37.8 Å². The average Bonchev–Trinajstić information content (AvgIpc) is 2.76. The Balaban J connectivity index is 2.30. The quantitative estimate of drug-likeness (QED) is 0.328. The molecule has 0 fully saturated rings. The van der Waals surface area contributed by atoms with Crippen LogP contribution in [0.1, 0.15) is 36.5 Å². The summed E-state index contributed by atoms with van der Waals surface area (Å²) in [7, 11) is 2.51. The number of halogens is 3. The SMILES string of the molecule is C=Cc1cccc(/C(=N\OC)C(=O)OC)c1CO/N=C(\C)C1=CCCC(C(F)(F)F)=C1. The highest BCUT2D eigenvalue weighted by Gasteiger charge is 2.34. The molecule has 1 aliphatic rings. The molecule has 0 radical (unpaired) electrons. The third-order valence-corrected chi connectivity index (χ3v) is 4.55. The van der Waals surface area contributed by atoms with Crippen molar-refractivity contribution in [3.05, 3.63) is 64.8 Å². The third-order valence-electron chi connectivity index (χ3n) is 4.55. The Morgan fingerprint density at radius 2 is 2.00 bits per heavy atom. The van der Waals surface area contributed by atoms with Gasteiger partial charge < -0.3 is 14.4 Å². The molecule has 0 N–H and O–H groups in total. The molecule has 166 valence electrons. The number of hydrogen-bond acceptors (Lipinski definition) is 6. The summed E-state index contributed by atoms with van der Waals surface area (Å²) >= 11 is 0. The Kier molecular flexibility index (Phi) is 8.18. The molecule has 0 bridgehead atoms. The van der Waals surface area contributed by atoms with Crippen molar-refractivity contribution < 1.29 is 32.4 Å². The largest absolute Gasteiger partial charge is 0.464 e. The second kappa shape index (κ2) is 10.6. The van der Waals surface area contributed by atoms with Crippen LogP contribution in [0.2, 0.25) is 0 Å². The molecule has 1 aromatic carbocycles. The van der Waals surface area contributed by atoms with Gasteiger partial charge in [0.05, 0.1) is 12.8 Å². The lowest BCUT2D eigenvalue weighted by molar-refractivity contribution is -0.132. The van der Waals surface area contributed by atoms with Crippen LogP contribution in [0.4, 0.5) is 13.2 Å². The van der Waals surface area contributed by atoms with Crippen LogP contribution in [0.3, 0.4) is 0 Å². The van der Waals surface area contributed by atoms with E-state index in [1.807, 2.05) is 0 Å². The van der Waals surface area contributed by atoms with Gasteiger partial charge in [-0.1, -0.05) is 47.2 Å². The van der Waals surface area contributed by atoms with Crippen molar-refractivity contribution in [2.45, 2.75) is 32.5 Å². The summed E-state index contributed by atoms with van der Waals surface area (Å²) in [6, 6.07) is 5.10. The van der Waals surface area contributed by atoms with Crippen LogP contribution in [0.15, 0.2) is 58.4 Å². The molecule has 9 heteroatoms. The Bertz CT molecular complexity index is 960. The molecular weight excluding hydrogens is 413 g/mol. The summed E-state index contributed by atoms with van der Waals surface area (Å²) in [5.74, 6) is -0.707. The number of nitrogens with zero attached hydrogens (tertiary/aromatic N) is 2. The fourth-order valence-corrected chi connectivity index (χ4v) is 2.99. The summed E-state index contributed by atoms with van der Waals surface area (Å²) in [5.41, 5.74) is 1.59. The predicted octanol–water partition coefficient (Wildman–Crippen LogP) is 4.95. The Morgan fingerprint density at radius 1 is 1.26 bits per heavy atom. The van der Waals surface area contributed by atoms with E-state index in [0.29, 0.717) is 28.0 Å². The maximum atomic E-state index is 13.0. The van der Waals surface area contributed by atoms with Crippen molar-refractivity contribution in [2.75, 3.05) is 14.2 Å². The normalized spacial score (nSPS) is 15.0. The van der Waals surface area contributed by atoms with Gasteiger partial charge in [-0.05, 0) is 37.0 Å². The molecule has 2 rings (SSSR count). The number of carbonyl (C=O) groups excluding carboxylic acids is 1. The smallest absolute Gasteiger partial charge is 0.412 e. The second-order valence-corrected chi connectivity index (χ2v) is 6.51. The fourth-order valence-electron chi connectivity index (χ4n) is 2.99. The van der Waals surface area contributed by atoms with Gasteiger partial charge in [0.2, 0.25) is 0 Å². The van der Waals surface area contributed by atoms with Gasteiger partial charge in [-0.15, -0.1) is 0 Å². The maximum absolute atomic E-state index is 13.0. The molecule has 0 spiro atoms. The van der Waals surface area contributed by atoms with Crippen molar-refractivity contribution in [1.82, 2.24) is 0 Å². The Hall–Kier alpha value is -3.36. The highest BCUT2D eigenvalue weighted by molar-refractivity contribution is 6.43. The monoisotopic (exact) mass is 436 g/mol. The van der Waals surface area contributed by atoms with Gasteiger partial charge in [-0.3, -0.25) is 0 Å². The molecule has 0 heterocycles. The molecule has 1 aliphatic carbocycles. The lowest BCUT2D eigenvalue weighted by atomic mass is 9.97. The van der Waals surface area contributed by atoms with Crippen LogP contribution < -0.4 is 0 Å². The first-order valence-electron chi connectivity index (χ1n) is 9.32. The van der Waals surface area contributed by atoms with E-state index in [4.69, 9.17) is 14.4 Å². The van der Waals surface area contributed by atoms with Crippen molar-refractivity contribution in [1.29, 1.82) is 0 Å². The number of ether oxygens (including phenoxy) is 1. The molecule has 31 heavy (non-hydrogen) atoms. The summed E-state index contributed by atoms with van der Waals surface area (Å²) in [4.78, 5) is 22.3. The fraction of sp³-hybridized carbons (Fsp3) is 0.318. The number of hydrogen-bond donors (Lipinski definition) is 0. The predicted molar refractivity (Wildman–Crippen MR) is 111 cm³/mol. The van der Waals surface area contributed by atoms with Gasteiger partial charge in [-0.25, -0.2) is 4.79 Å². The van der Waals surface area contributed by atoms with Crippen LogP contribution in [0, 0.1) is 0 Å². The lowest BCUT2D eigenvalue weighted by Crippen LogP contribution is -2.20. The Labute approximate surface area is 178 Å². The average molecular weight is 436 g/mol. The number of carbonyl (C=O) groups is 1. The third kappa shape index (κ3) is 6.07. The van der Waals surface area contributed by atoms with E-state index in [2.05, 4.69) is 16.9 Å². The van der Waals surface area contributed by atoms with Crippen molar-refractivity contribution in [3.63, 3.8) is 0 Å². The van der Waals surface area contributed by atoms with Gasteiger partial charge in [0.15, 0.2) is 5.71 Å². The van der Waals surface area contributed by atoms with Crippen LogP contribution in [0.25, 0.3) is 6.08 Å². The zero-order chi connectivity index (χ0) is 23.0. The number of esters is 1. The number of allylic oxidation sites excluding steroid dienone is 4. The highest BCUT2D eigenvalue weighted by Crippen LogP contribution is 2.33. The second-order valence-electron chi connectivity index (χ2n) is 6.51. The summed E-state index contributed by atoms with van der Waals surface area (Å²) in [5, 5.41) is 7.70. The highest BCUT2D eigenvalue weighted by atomic mass is 19.4. The minimum absolute atomic E-state index is 0.0631. The van der Waals surface area contributed by atoms with Crippen molar-refractivity contribution in [3.8, 4) is 0 Å². The lowest BCUT2D eigenvalue weighted by Gasteiger charge is -2.16. The zero-order valence-corrected chi connectivity index (χ0v) is 17.5. The molecule has 1 aromatic rings. The van der Waals surface area contributed by atoms with E-state index in [-0.39, 0.29) is 25.2 Å². The summed E-state index contributed by atoms with van der Waals surface area (Å²) in [6.07, 6.45) is 0.168. The van der Waals surface area contributed by atoms with Gasteiger partial charge in [-0.2, -0.15) is 13.2 Å². The topological polar surface area (TPSA) is 69.5 Å². The number of oxime groups is 2. The summed E-state index contributed by atoms with van der Waals surface area (Å²) in [6.45, 7) is 5.23. The van der Waals surface area contributed by atoms with E-state index in [0.717, 1.165) is 6.08 Å². The van der Waals surface area contributed by atoms with E-state index >= 15 is 0 Å². The molecule has 6 nitrogen and oxygen atoms in total. The first-order valence-corrected chi connectivity index (χ1v) is 9.32. The molecule has 0 aromatic heterocycles. The molecule has 0 saturated heterocycles. The van der Waals surface area contributed by atoms with Crippen LogP contribution in [0.5, 0.6) is 0 Å². The Morgan fingerprint density at radius 3 is 2.61 bits per heavy atom. The molecule has 0 aliphatic heterocycles. The first-order chi connectivity index (χ1) is 14.7. The van der Waals surface area contributed by atoms with Gasteiger partial charge in [0.25, 0.3) is 0 Å².